The summed E-state index contributed by atoms with van der Waals surface area (Å²) in [5.41, 5.74) is 1.11. The maximum absolute atomic E-state index is 12.2. The van der Waals surface area contributed by atoms with Crippen LogP contribution in [0.3, 0.4) is 0 Å². The van der Waals surface area contributed by atoms with E-state index < -0.39 is 17.6 Å². The van der Waals surface area contributed by atoms with Gasteiger partial charge >= 0.3 is 6.09 Å². The summed E-state index contributed by atoms with van der Waals surface area (Å²) in [5, 5.41) is 5.58. The van der Waals surface area contributed by atoms with Crippen molar-refractivity contribution in [3.63, 3.8) is 0 Å². The maximum Gasteiger partial charge on any atom is 0.410 e. The van der Waals surface area contributed by atoms with Crippen molar-refractivity contribution >= 4 is 35.2 Å². The summed E-state index contributed by atoms with van der Waals surface area (Å²) in [4.78, 5) is 37.9. The van der Waals surface area contributed by atoms with E-state index in [0.717, 1.165) is 5.56 Å². The number of benzene rings is 2. The molecule has 0 bridgehead atoms. The van der Waals surface area contributed by atoms with Crippen molar-refractivity contribution in [3.05, 3.63) is 64.7 Å². The van der Waals surface area contributed by atoms with Crippen LogP contribution in [0, 0.1) is 0 Å². The van der Waals surface area contributed by atoms with E-state index in [1.54, 1.807) is 70.3 Å². The van der Waals surface area contributed by atoms with Gasteiger partial charge in [-0.2, -0.15) is 0 Å². The molecule has 0 radical (unpaired) electrons. The van der Waals surface area contributed by atoms with E-state index in [4.69, 9.17) is 16.3 Å². The lowest BCUT2D eigenvalue weighted by Gasteiger charge is -2.24. The van der Waals surface area contributed by atoms with Crippen molar-refractivity contribution in [2.24, 2.45) is 0 Å². The highest BCUT2D eigenvalue weighted by Gasteiger charge is 2.19. The zero-order chi connectivity index (χ0) is 22.3. The molecule has 0 saturated heterocycles. The normalized spacial score (nSPS) is 10.8. The van der Waals surface area contributed by atoms with Gasteiger partial charge in [0.1, 0.15) is 5.60 Å². The SMILES string of the molecule is CN(Cc1cccc(NC(=O)CNC(=O)c2ccccc2Cl)c1)C(=O)OC(C)(C)C. The second-order valence-corrected chi connectivity index (χ2v) is 8.15. The van der Waals surface area contributed by atoms with E-state index in [1.807, 2.05) is 6.07 Å². The standard InChI is InChI=1S/C22H26ClN3O4/c1-22(2,3)30-21(29)26(4)14-15-8-7-9-16(12-15)25-19(27)13-24-20(28)17-10-5-6-11-18(17)23/h5-12H,13-14H2,1-4H3,(H,24,28)(H,25,27). The number of ether oxygens (including phenoxy) is 1. The highest BCUT2D eigenvalue weighted by atomic mass is 35.5. The summed E-state index contributed by atoms with van der Waals surface area (Å²) in [7, 11) is 1.64. The van der Waals surface area contributed by atoms with Crippen molar-refractivity contribution in [2.75, 3.05) is 18.9 Å². The van der Waals surface area contributed by atoms with Gasteiger partial charge in [-0.25, -0.2) is 4.79 Å². The molecule has 0 aromatic heterocycles. The predicted molar refractivity (Wildman–Crippen MR) is 117 cm³/mol. The Hall–Kier alpha value is -3.06. The summed E-state index contributed by atoms with van der Waals surface area (Å²) in [5.74, 6) is -0.809. The summed E-state index contributed by atoms with van der Waals surface area (Å²) in [6, 6.07) is 13.7. The Kier molecular flexibility index (Phi) is 7.83. The van der Waals surface area contributed by atoms with Crippen molar-refractivity contribution < 1.29 is 19.1 Å². The van der Waals surface area contributed by atoms with Crippen LogP contribution < -0.4 is 10.6 Å². The van der Waals surface area contributed by atoms with Gasteiger partial charge in [0, 0.05) is 19.3 Å². The number of hydrogen-bond acceptors (Lipinski definition) is 4. The van der Waals surface area contributed by atoms with Crippen molar-refractivity contribution in [1.82, 2.24) is 10.2 Å². The minimum atomic E-state index is -0.574. The fraction of sp³-hybridized carbons (Fsp3) is 0.318. The third-order valence-electron chi connectivity index (χ3n) is 3.86. The molecule has 3 amide bonds. The second-order valence-electron chi connectivity index (χ2n) is 7.75. The van der Waals surface area contributed by atoms with Gasteiger partial charge in [-0.3, -0.25) is 9.59 Å². The topological polar surface area (TPSA) is 87.7 Å². The van der Waals surface area contributed by atoms with Gasteiger partial charge in [0.05, 0.1) is 17.1 Å². The molecule has 0 unspecified atom stereocenters. The van der Waals surface area contributed by atoms with E-state index in [9.17, 15) is 14.4 Å². The summed E-state index contributed by atoms with van der Waals surface area (Å²) in [6.07, 6.45) is -0.431. The molecule has 0 heterocycles. The molecule has 2 rings (SSSR count). The van der Waals surface area contributed by atoms with Gasteiger partial charge in [0.25, 0.3) is 5.91 Å². The van der Waals surface area contributed by atoms with Gasteiger partial charge < -0.3 is 20.3 Å². The molecule has 2 aromatic rings. The molecular weight excluding hydrogens is 406 g/mol. The number of rotatable bonds is 6. The first-order chi connectivity index (χ1) is 14.0. The van der Waals surface area contributed by atoms with E-state index in [-0.39, 0.29) is 12.5 Å². The van der Waals surface area contributed by atoms with E-state index in [2.05, 4.69) is 10.6 Å². The highest BCUT2D eigenvalue weighted by Crippen LogP contribution is 2.16. The number of nitrogens with one attached hydrogen (secondary N) is 2. The molecule has 0 fully saturated rings. The minimum Gasteiger partial charge on any atom is -0.444 e. The zero-order valence-corrected chi connectivity index (χ0v) is 18.2. The Balaban J connectivity index is 1.90. The van der Waals surface area contributed by atoms with Gasteiger partial charge in [0.15, 0.2) is 0 Å². The molecule has 8 heteroatoms. The molecule has 160 valence electrons. The predicted octanol–water partition coefficient (Wildman–Crippen LogP) is 4.08. The average Bonchev–Trinajstić information content (AvgIpc) is 2.65. The highest BCUT2D eigenvalue weighted by molar-refractivity contribution is 6.33. The molecule has 2 N–H and O–H groups in total. The fourth-order valence-electron chi connectivity index (χ4n) is 2.53. The zero-order valence-electron chi connectivity index (χ0n) is 17.5. The summed E-state index contributed by atoms with van der Waals surface area (Å²) >= 11 is 5.98. The van der Waals surface area contributed by atoms with Crippen LogP contribution in [0.1, 0.15) is 36.7 Å². The molecular formula is C22H26ClN3O4. The van der Waals surface area contributed by atoms with Crippen LogP contribution in [-0.2, 0) is 16.1 Å². The number of halogens is 1. The van der Waals surface area contributed by atoms with E-state index >= 15 is 0 Å². The Morgan fingerprint density at radius 3 is 2.43 bits per heavy atom. The van der Waals surface area contributed by atoms with Crippen molar-refractivity contribution in [1.29, 1.82) is 0 Å². The third kappa shape index (κ3) is 7.40. The van der Waals surface area contributed by atoms with E-state index in [1.165, 1.54) is 4.90 Å². The van der Waals surface area contributed by atoms with Gasteiger partial charge in [-0.1, -0.05) is 35.9 Å². The lowest BCUT2D eigenvalue weighted by Crippen LogP contribution is -2.34. The molecule has 0 aliphatic carbocycles. The monoisotopic (exact) mass is 431 g/mol. The van der Waals surface area contributed by atoms with E-state index in [0.29, 0.717) is 22.8 Å². The summed E-state index contributed by atoms with van der Waals surface area (Å²) in [6.45, 7) is 5.53. The first kappa shape index (κ1) is 23.2. The van der Waals surface area contributed by atoms with Crippen molar-refractivity contribution in [3.8, 4) is 0 Å². The number of anilines is 1. The van der Waals surface area contributed by atoms with Crippen LogP contribution in [-0.4, -0.2) is 42.0 Å². The molecule has 0 aliphatic rings. The number of carbonyl (C=O) groups excluding carboxylic acids is 3. The molecule has 0 atom stereocenters. The van der Waals surface area contributed by atoms with Crippen LogP contribution in [0.25, 0.3) is 0 Å². The van der Waals surface area contributed by atoms with Gasteiger partial charge in [-0.15, -0.1) is 0 Å². The Bertz CT molecular complexity index is 925. The minimum absolute atomic E-state index is 0.202. The molecule has 7 nitrogen and oxygen atoms in total. The van der Waals surface area contributed by atoms with Crippen LogP contribution in [0.2, 0.25) is 5.02 Å². The number of nitrogens with zero attached hydrogens (tertiary/aromatic N) is 1. The average molecular weight is 432 g/mol. The molecule has 30 heavy (non-hydrogen) atoms. The molecule has 2 aromatic carbocycles. The Morgan fingerprint density at radius 2 is 1.77 bits per heavy atom. The number of amides is 3. The molecule has 0 spiro atoms. The quantitative estimate of drug-likeness (QED) is 0.721. The van der Waals surface area contributed by atoms with Crippen molar-refractivity contribution in [2.45, 2.75) is 32.9 Å². The first-order valence-electron chi connectivity index (χ1n) is 9.41. The van der Waals surface area contributed by atoms with Crippen LogP contribution in [0.15, 0.2) is 48.5 Å². The van der Waals surface area contributed by atoms with Crippen LogP contribution in [0.5, 0.6) is 0 Å². The van der Waals surface area contributed by atoms with Gasteiger partial charge in [0.2, 0.25) is 5.91 Å². The van der Waals surface area contributed by atoms with Gasteiger partial charge in [-0.05, 0) is 50.6 Å². The third-order valence-corrected chi connectivity index (χ3v) is 4.19. The maximum atomic E-state index is 12.2. The lowest BCUT2D eigenvalue weighted by atomic mass is 10.2. The van der Waals surface area contributed by atoms with Crippen LogP contribution >= 0.6 is 11.6 Å². The largest absolute Gasteiger partial charge is 0.444 e. The number of carbonyl (C=O) groups is 3. The Labute approximate surface area is 181 Å². The number of hydrogen-bond donors (Lipinski definition) is 2. The van der Waals surface area contributed by atoms with Crippen LogP contribution in [0.4, 0.5) is 10.5 Å². The second kappa shape index (κ2) is 10.1. The Morgan fingerprint density at radius 1 is 1.07 bits per heavy atom. The fourth-order valence-corrected chi connectivity index (χ4v) is 2.75. The summed E-state index contributed by atoms with van der Waals surface area (Å²) < 4.78 is 5.33. The molecule has 0 aliphatic heterocycles. The first-order valence-corrected chi connectivity index (χ1v) is 9.78. The lowest BCUT2D eigenvalue weighted by molar-refractivity contribution is -0.115. The smallest absolute Gasteiger partial charge is 0.410 e. The molecule has 0 saturated carbocycles.